The van der Waals surface area contributed by atoms with Crippen molar-refractivity contribution in [2.24, 2.45) is 0 Å². The zero-order valence-corrected chi connectivity index (χ0v) is 22.5. The Bertz CT molecular complexity index is 1630. The van der Waals surface area contributed by atoms with E-state index in [1.807, 2.05) is 17.0 Å². The Morgan fingerprint density at radius 3 is 2.61 bits per heavy atom. The number of rotatable bonds is 6. The van der Waals surface area contributed by atoms with Gasteiger partial charge in [-0.2, -0.15) is 0 Å². The van der Waals surface area contributed by atoms with Crippen LogP contribution >= 0.6 is 11.8 Å². The van der Waals surface area contributed by atoms with Gasteiger partial charge in [0.15, 0.2) is 5.16 Å². The molecular formula is C32H30N4OS. The van der Waals surface area contributed by atoms with E-state index in [9.17, 15) is 4.79 Å². The van der Waals surface area contributed by atoms with Gasteiger partial charge in [0, 0.05) is 18.7 Å². The summed E-state index contributed by atoms with van der Waals surface area (Å²) in [5, 5.41) is 12.4. The fraction of sp³-hybridized carbons (Fsp3) is 0.219. The van der Waals surface area contributed by atoms with E-state index in [0.29, 0.717) is 12.2 Å². The highest BCUT2D eigenvalue weighted by Crippen LogP contribution is 2.30. The lowest BCUT2D eigenvalue weighted by atomic mass is 10.0. The van der Waals surface area contributed by atoms with Gasteiger partial charge in [-0.25, -0.2) is 0 Å². The van der Waals surface area contributed by atoms with Crippen molar-refractivity contribution < 1.29 is 4.79 Å². The Kier molecular flexibility index (Phi) is 6.73. The van der Waals surface area contributed by atoms with Gasteiger partial charge in [-0.15, -0.1) is 10.2 Å². The highest BCUT2D eigenvalue weighted by molar-refractivity contribution is 7.99. The minimum absolute atomic E-state index is 0.105. The summed E-state index contributed by atoms with van der Waals surface area (Å²) >= 11 is 1.46. The molecule has 0 radical (unpaired) electrons. The van der Waals surface area contributed by atoms with Gasteiger partial charge in [-0.3, -0.25) is 9.36 Å². The minimum Gasteiger partial charge on any atom is -0.311 e. The number of amides is 1. The molecule has 0 spiro atoms. The summed E-state index contributed by atoms with van der Waals surface area (Å²) in [4.78, 5) is 15.3. The average Bonchev–Trinajstić information content (AvgIpc) is 3.33. The summed E-state index contributed by atoms with van der Waals surface area (Å²) in [5.74, 6) is 1.28. The Balaban J connectivity index is 1.33. The summed E-state index contributed by atoms with van der Waals surface area (Å²) in [6.45, 7) is 4.98. The second-order valence-electron chi connectivity index (χ2n) is 9.91. The molecule has 6 heteroatoms. The van der Waals surface area contributed by atoms with Crippen molar-refractivity contribution in [2.45, 2.75) is 38.3 Å². The minimum atomic E-state index is 0.105. The van der Waals surface area contributed by atoms with Crippen LogP contribution in [0.5, 0.6) is 0 Å². The van der Waals surface area contributed by atoms with Crippen LogP contribution in [0.1, 0.15) is 34.5 Å². The number of fused-ring (bicyclic) bond motifs is 2. The van der Waals surface area contributed by atoms with Crippen molar-refractivity contribution in [1.82, 2.24) is 14.8 Å². The maximum Gasteiger partial charge on any atom is 0.237 e. The standard InChI is InChI=1S/C32H30N4OS/c1-22-16-17-28(23(2)19-22)36-30(20-26-12-7-11-24-9-3-5-14-27(24)26)33-34-32(36)38-21-31(37)35-18-8-13-25-10-4-6-15-29(25)35/h3-7,9-12,14-17,19H,8,13,18,20-21H2,1-2H3. The molecular weight excluding hydrogens is 488 g/mol. The van der Waals surface area contributed by atoms with Gasteiger partial charge in [0.1, 0.15) is 5.82 Å². The van der Waals surface area contributed by atoms with Crippen molar-refractivity contribution in [3.8, 4) is 5.69 Å². The zero-order valence-electron chi connectivity index (χ0n) is 21.7. The number of aryl methyl sites for hydroxylation is 3. The highest BCUT2D eigenvalue weighted by Gasteiger charge is 2.24. The van der Waals surface area contributed by atoms with Gasteiger partial charge >= 0.3 is 0 Å². The van der Waals surface area contributed by atoms with Crippen LogP contribution in [0.2, 0.25) is 0 Å². The third kappa shape index (κ3) is 4.72. The lowest BCUT2D eigenvalue weighted by Gasteiger charge is -2.29. The molecule has 0 saturated carbocycles. The fourth-order valence-corrected chi connectivity index (χ4v) is 6.26. The van der Waals surface area contributed by atoms with Crippen LogP contribution in [0.3, 0.4) is 0 Å². The number of carbonyl (C=O) groups is 1. The van der Waals surface area contributed by atoms with Gasteiger partial charge in [-0.05, 0) is 66.3 Å². The average molecular weight is 519 g/mol. The first-order chi connectivity index (χ1) is 18.6. The normalized spacial score (nSPS) is 13.1. The number of aromatic nitrogens is 3. The van der Waals surface area contributed by atoms with Crippen molar-refractivity contribution in [2.75, 3.05) is 17.2 Å². The van der Waals surface area contributed by atoms with Crippen molar-refractivity contribution >= 4 is 34.1 Å². The molecule has 1 aliphatic rings. The summed E-state index contributed by atoms with van der Waals surface area (Å²) in [5.41, 5.74) is 6.91. The van der Waals surface area contributed by atoms with E-state index in [2.05, 4.69) is 101 Å². The quantitative estimate of drug-likeness (QED) is 0.235. The molecule has 5 aromatic rings. The largest absolute Gasteiger partial charge is 0.311 e. The van der Waals surface area contributed by atoms with E-state index < -0.39 is 0 Å². The fourth-order valence-electron chi connectivity index (χ4n) is 5.42. The summed E-state index contributed by atoms with van der Waals surface area (Å²) in [6.07, 6.45) is 2.66. The second kappa shape index (κ2) is 10.5. The number of benzene rings is 4. The smallest absolute Gasteiger partial charge is 0.237 e. The number of thioether (sulfide) groups is 1. The van der Waals surface area contributed by atoms with Gasteiger partial charge in [-0.1, -0.05) is 90.1 Å². The third-order valence-corrected chi connectivity index (χ3v) is 8.17. The molecule has 2 heterocycles. The molecule has 0 atom stereocenters. The number of para-hydroxylation sites is 1. The van der Waals surface area contributed by atoms with E-state index in [4.69, 9.17) is 0 Å². The van der Waals surface area contributed by atoms with Gasteiger partial charge < -0.3 is 4.90 Å². The summed E-state index contributed by atoms with van der Waals surface area (Å²) < 4.78 is 2.14. The van der Waals surface area contributed by atoms with Gasteiger partial charge in [0.2, 0.25) is 5.91 Å². The van der Waals surface area contributed by atoms with Crippen LogP contribution < -0.4 is 4.90 Å². The number of carbonyl (C=O) groups excluding carboxylic acids is 1. The van der Waals surface area contributed by atoms with Crippen LogP contribution in [0.4, 0.5) is 5.69 Å². The maximum atomic E-state index is 13.4. The number of hydrogen-bond acceptors (Lipinski definition) is 4. The number of hydrogen-bond donors (Lipinski definition) is 0. The van der Waals surface area contributed by atoms with Crippen LogP contribution in [-0.4, -0.2) is 33.0 Å². The molecule has 38 heavy (non-hydrogen) atoms. The Hall–Kier alpha value is -3.90. The molecule has 1 aliphatic heterocycles. The lowest BCUT2D eigenvalue weighted by Crippen LogP contribution is -2.36. The third-order valence-electron chi connectivity index (χ3n) is 7.26. The molecule has 0 aliphatic carbocycles. The lowest BCUT2D eigenvalue weighted by molar-refractivity contribution is -0.116. The molecule has 5 nitrogen and oxygen atoms in total. The van der Waals surface area contributed by atoms with E-state index >= 15 is 0 Å². The molecule has 0 saturated heterocycles. The summed E-state index contributed by atoms with van der Waals surface area (Å²) in [6, 6.07) is 29.5. The Morgan fingerprint density at radius 1 is 0.895 bits per heavy atom. The van der Waals surface area contributed by atoms with Crippen LogP contribution in [0.25, 0.3) is 16.5 Å². The predicted octanol–water partition coefficient (Wildman–Crippen LogP) is 6.70. The molecule has 0 bridgehead atoms. The van der Waals surface area contributed by atoms with E-state index in [0.717, 1.165) is 47.3 Å². The Labute approximate surface area is 227 Å². The van der Waals surface area contributed by atoms with E-state index in [-0.39, 0.29) is 5.91 Å². The van der Waals surface area contributed by atoms with Gasteiger partial charge in [0.05, 0.1) is 11.4 Å². The molecule has 0 N–H and O–H groups in total. The van der Waals surface area contributed by atoms with Crippen LogP contribution in [0, 0.1) is 13.8 Å². The number of nitrogens with zero attached hydrogens (tertiary/aromatic N) is 4. The van der Waals surface area contributed by atoms with Crippen LogP contribution in [-0.2, 0) is 17.6 Å². The van der Waals surface area contributed by atoms with Crippen LogP contribution in [0.15, 0.2) is 90.1 Å². The second-order valence-corrected chi connectivity index (χ2v) is 10.8. The molecule has 4 aromatic carbocycles. The van der Waals surface area contributed by atoms with Crippen molar-refractivity contribution in [3.05, 3.63) is 113 Å². The maximum absolute atomic E-state index is 13.4. The van der Waals surface area contributed by atoms with E-state index in [1.54, 1.807) is 0 Å². The monoisotopic (exact) mass is 518 g/mol. The first kappa shape index (κ1) is 24.4. The van der Waals surface area contributed by atoms with E-state index in [1.165, 1.54) is 39.2 Å². The molecule has 0 fully saturated rings. The Morgan fingerprint density at radius 2 is 1.71 bits per heavy atom. The zero-order chi connectivity index (χ0) is 26.1. The molecule has 1 amide bonds. The number of anilines is 1. The summed E-state index contributed by atoms with van der Waals surface area (Å²) in [7, 11) is 0. The molecule has 1 aromatic heterocycles. The molecule has 190 valence electrons. The highest BCUT2D eigenvalue weighted by atomic mass is 32.2. The first-order valence-electron chi connectivity index (χ1n) is 13.1. The molecule has 0 unspecified atom stereocenters. The van der Waals surface area contributed by atoms with Crippen molar-refractivity contribution in [3.63, 3.8) is 0 Å². The van der Waals surface area contributed by atoms with Gasteiger partial charge in [0.25, 0.3) is 0 Å². The predicted molar refractivity (Wildman–Crippen MR) is 155 cm³/mol. The molecule has 6 rings (SSSR count). The SMILES string of the molecule is Cc1ccc(-n2c(Cc3cccc4ccccc34)nnc2SCC(=O)N2CCCc3ccccc32)c(C)c1. The topological polar surface area (TPSA) is 51.0 Å². The van der Waals surface area contributed by atoms with Crippen molar-refractivity contribution in [1.29, 1.82) is 0 Å². The first-order valence-corrected chi connectivity index (χ1v) is 14.1.